The molecule has 1 aliphatic carbocycles. The first-order chi connectivity index (χ1) is 9.63. The molecule has 0 bridgehead atoms. The van der Waals surface area contributed by atoms with Gasteiger partial charge in [-0.15, -0.1) is 11.3 Å². The van der Waals surface area contributed by atoms with E-state index in [0.29, 0.717) is 11.8 Å². The minimum atomic E-state index is -0.0599. The number of hydrogen-bond acceptors (Lipinski definition) is 6. The van der Waals surface area contributed by atoms with Crippen molar-refractivity contribution >= 4 is 11.3 Å². The van der Waals surface area contributed by atoms with Crippen LogP contribution < -0.4 is 5.73 Å². The van der Waals surface area contributed by atoms with Crippen LogP contribution in [-0.2, 0) is 0 Å². The molecule has 1 aliphatic rings. The Morgan fingerprint density at radius 3 is 2.95 bits per heavy atom. The molecule has 5 nitrogen and oxygen atoms in total. The van der Waals surface area contributed by atoms with Crippen LogP contribution in [0.3, 0.4) is 0 Å². The maximum atomic E-state index is 5.82. The molecule has 6 heteroatoms. The first-order valence-corrected chi connectivity index (χ1v) is 8.06. The van der Waals surface area contributed by atoms with Crippen molar-refractivity contribution in [3.8, 4) is 11.6 Å². The molecule has 0 saturated heterocycles. The summed E-state index contributed by atoms with van der Waals surface area (Å²) in [6.45, 7) is 4.22. The van der Waals surface area contributed by atoms with Crippen molar-refractivity contribution in [3.63, 3.8) is 0 Å². The number of nitrogens with two attached hydrogens (primary N) is 1. The van der Waals surface area contributed by atoms with Crippen molar-refractivity contribution in [2.75, 3.05) is 0 Å². The van der Waals surface area contributed by atoms with Crippen LogP contribution in [-0.4, -0.2) is 15.1 Å². The highest BCUT2D eigenvalue weighted by Crippen LogP contribution is 2.35. The number of hydrogen-bond donors (Lipinski definition) is 1. The second kappa shape index (κ2) is 5.61. The van der Waals surface area contributed by atoms with Crippen LogP contribution in [0, 0.1) is 5.92 Å². The van der Waals surface area contributed by atoms with Crippen LogP contribution >= 0.6 is 11.3 Å². The van der Waals surface area contributed by atoms with E-state index in [2.05, 4.69) is 22.0 Å². The molecular formula is C14H20N4OS. The van der Waals surface area contributed by atoms with Crippen molar-refractivity contribution in [2.24, 2.45) is 11.7 Å². The van der Waals surface area contributed by atoms with Gasteiger partial charge >= 0.3 is 0 Å². The van der Waals surface area contributed by atoms with Gasteiger partial charge in [-0.25, -0.2) is 4.98 Å². The first-order valence-electron chi connectivity index (χ1n) is 7.18. The van der Waals surface area contributed by atoms with E-state index in [1.807, 2.05) is 12.3 Å². The average molecular weight is 292 g/mol. The molecule has 0 aliphatic heterocycles. The average Bonchev–Trinajstić information content (AvgIpc) is 3.08. The van der Waals surface area contributed by atoms with Gasteiger partial charge in [-0.1, -0.05) is 24.9 Å². The summed E-state index contributed by atoms with van der Waals surface area (Å²) in [7, 11) is 0. The van der Waals surface area contributed by atoms with E-state index < -0.39 is 0 Å². The third-order valence-electron chi connectivity index (χ3n) is 3.87. The van der Waals surface area contributed by atoms with Gasteiger partial charge in [0.25, 0.3) is 5.89 Å². The minimum Gasteiger partial charge on any atom is -0.332 e. The largest absolute Gasteiger partial charge is 0.332 e. The summed E-state index contributed by atoms with van der Waals surface area (Å²) in [5.74, 6) is 2.53. The second-order valence-corrected chi connectivity index (χ2v) is 6.68. The summed E-state index contributed by atoms with van der Waals surface area (Å²) in [6.07, 6.45) is 4.87. The summed E-state index contributed by atoms with van der Waals surface area (Å²) < 4.78 is 5.37. The van der Waals surface area contributed by atoms with Gasteiger partial charge in [-0.3, -0.25) is 0 Å². The number of aromatic nitrogens is 3. The highest BCUT2D eigenvalue weighted by Gasteiger charge is 2.25. The van der Waals surface area contributed by atoms with Crippen molar-refractivity contribution in [1.82, 2.24) is 15.1 Å². The van der Waals surface area contributed by atoms with E-state index in [0.717, 1.165) is 35.3 Å². The van der Waals surface area contributed by atoms with Crippen LogP contribution in [0.1, 0.15) is 62.3 Å². The molecule has 1 fully saturated rings. The van der Waals surface area contributed by atoms with E-state index in [4.69, 9.17) is 10.3 Å². The molecule has 0 radical (unpaired) electrons. The molecule has 0 spiro atoms. The van der Waals surface area contributed by atoms with Crippen LogP contribution in [0.5, 0.6) is 0 Å². The Bertz CT molecular complexity index is 577. The van der Waals surface area contributed by atoms with Gasteiger partial charge in [0.15, 0.2) is 5.82 Å². The molecular weight excluding hydrogens is 272 g/mol. The molecule has 2 heterocycles. The fourth-order valence-corrected chi connectivity index (χ4v) is 3.52. The van der Waals surface area contributed by atoms with E-state index in [1.54, 1.807) is 0 Å². The maximum absolute atomic E-state index is 5.82. The lowest BCUT2D eigenvalue weighted by Gasteiger charge is -2.23. The van der Waals surface area contributed by atoms with Gasteiger partial charge in [0.1, 0.15) is 10.7 Å². The van der Waals surface area contributed by atoms with Crippen molar-refractivity contribution in [1.29, 1.82) is 0 Å². The zero-order chi connectivity index (χ0) is 14.1. The van der Waals surface area contributed by atoms with E-state index in [1.165, 1.54) is 24.2 Å². The molecule has 3 atom stereocenters. The van der Waals surface area contributed by atoms with Crippen LogP contribution in [0.25, 0.3) is 11.6 Å². The summed E-state index contributed by atoms with van der Waals surface area (Å²) in [5.41, 5.74) is 6.56. The van der Waals surface area contributed by atoms with Gasteiger partial charge < -0.3 is 10.3 Å². The zero-order valence-electron chi connectivity index (χ0n) is 11.9. The van der Waals surface area contributed by atoms with Crippen LogP contribution in [0.2, 0.25) is 0 Å². The lowest BCUT2D eigenvalue weighted by Crippen LogP contribution is -2.12. The van der Waals surface area contributed by atoms with E-state index in [-0.39, 0.29) is 6.04 Å². The number of thiazole rings is 1. The molecule has 2 aromatic rings. The Morgan fingerprint density at radius 2 is 2.25 bits per heavy atom. The molecule has 108 valence electrons. The topological polar surface area (TPSA) is 77.8 Å². The summed E-state index contributed by atoms with van der Waals surface area (Å²) >= 11 is 1.53. The fraction of sp³-hybridized carbons (Fsp3) is 0.643. The molecule has 1 saturated carbocycles. The molecule has 2 aromatic heterocycles. The number of rotatable bonds is 3. The number of nitrogens with zero attached hydrogens (tertiary/aromatic N) is 3. The molecule has 20 heavy (non-hydrogen) atoms. The van der Waals surface area contributed by atoms with E-state index >= 15 is 0 Å². The Labute approximate surface area is 122 Å². The molecule has 3 unspecified atom stereocenters. The third kappa shape index (κ3) is 2.76. The highest BCUT2D eigenvalue weighted by atomic mass is 32.1. The lowest BCUT2D eigenvalue weighted by atomic mass is 9.82. The molecule has 3 rings (SSSR count). The Balaban J connectivity index is 1.78. The maximum Gasteiger partial charge on any atom is 0.277 e. The second-order valence-electron chi connectivity index (χ2n) is 5.79. The standard InChI is InChI=1S/C14H20N4OS/c1-8-4-3-5-10(6-8)12-17-13(19-18-12)11-7-20-14(16-11)9(2)15/h7-10H,3-6,15H2,1-2H3. The van der Waals surface area contributed by atoms with Crippen LogP contribution in [0.4, 0.5) is 0 Å². The predicted molar refractivity (Wildman–Crippen MR) is 78.4 cm³/mol. The Hall–Kier alpha value is -1.27. The summed E-state index contributed by atoms with van der Waals surface area (Å²) in [5, 5.41) is 6.98. The van der Waals surface area contributed by atoms with Gasteiger partial charge in [-0.2, -0.15) is 4.98 Å². The zero-order valence-corrected chi connectivity index (χ0v) is 12.7. The highest BCUT2D eigenvalue weighted by molar-refractivity contribution is 7.10. The van der Waals surface area contributed by atoms with Gasteiger partial charge in [-0.05, 0) is 25.7 Å². The lowest BCUT2D eigenvalue weighted by molar-refractivity contribution is 0.324. The Morgan fingerprint density at radius 1 is 1.40 bits per heavy atom. The minimum absolute atomic E-state index is 0.0599. The van der Waals surface area contributed by atoms with Crippen LogP contribution in [0.15, 0.2) is 9.90 Å². The summed E-state index contributed by atoms with van der Waals surface area (Å²) in [6, 6.07) is -0.0599. The monoisotopic (exact) mass is 292 g/mol. The molecule has 0 amide bonds. The summed E-state index contributed by atoms with van der Waals surface area (Å²) in [4.78, 5) is 8.99. The molecule has 0 aromatic carbocycles. The molecule has 2 N–H and O–H groups in total. The van der Waals surface area contributed by atoms with Gasteiger partial charge in [0.2, 0.25) is 0 Å². The third-order valence-corrected chi connectivity index (χ3v) is 4.92. The van der Waals surface area contributed by atoms with Gasteiger partial charge in [0.05, 0.1) is 6.04 Å². The fourth-order valence-electron chi connectivity index (χ4n) is 2.77. The van der Waals surface area contributed by atoms with Crippen molar-refractivity contribution < 1.29 is 4.52 Å². The predicted octanol–water partition coefficient (Wildman–Crippen LogP) is 3.51. The van der Waals surface area contributed by atoms with Crippen molar-refractivity contribution in [3.05, 3.63) is 16.2 Å². The van der Waals surface area contributed by atoms with Gasteiger partial charge in [0, 0.05) is 11.3 Å². The first kappa shape index (κ1) is 13.7. The van der Waals surface area contributed by atoms with E-state index in [9.17, 15) is 0 Å². The normalized spacial score (nSPS) is 24.8. The smallest absolute Gasteiger partial charge is 0.277 e. The SMILES string of the molecule is CC1CCCC(c2noc(-c3csc(C(C)N)n3)n2)C1. The quantitative estimate of drug-likeness (QED) is 0.936. The van der Waals surface area contributed by atoms with Crippen molar-refractivity contribution in [2.45, 2.75) is 51.5 Å². The Kier molecular flexibility index (Phi) is 3.85.